The summed E-state index contributed by atoms with van der Waals surface area (Å²) in [7, 11) is 0. The van der Waals surface area contributed by atoms with Crippen LogP contribution in [0.2, 0.25) is 0 Å². The van der Waals surface area contributed by atoms with Crippen LogP contribution in [0.4, 0.5) is 5.69 Å². The van der Waals surface area contributed by atoms with Crippen molar-refractivity contribution < 1.29 is 5.32 Å². The second-order valence-corrected chi connectivity index (χ2v) is 3.38. The number of hydrogen-bond acceptors (Lipinski definition) is 0. The Balaban J connectivity index is 2.34. The van der Waals surface area contributed by atoms with Gasteiger partial charge in [0.05, 0.1) is 6.04 Å². The molecular formula is C10H14N+. The van der Waals surface area contributed by atoms with Gasteiger partial charge in [-0.05, 0) is 19.4 Å². The third kappa shape index (κ3) is 1.29. The van der Waals surface area contributed by atoms with Crippen molar-refractivity contribution in [2.45, 2.75) is 25.8 Å². The van der Waals surface area contributed by atoms with Crippen LogP contribution < -0.4 is 5.32 Å². The number of para-hydroxylation sites is 1. The maximum atomic E-state index is 2.37. The van der Waals surface area contributed by atoms with Crippen molar-refractivity contribution in [2.24, 2.45) is 0 Å². The number of quaternary nitrogens is 1. The van der Waals surface area contributed by atoms with Gasteiger partial charge >= 0.3 is 0 Å². The molecule has 1 atom stereocenters. The summed E-state index contributed by atoms with van der Waals surface area (Å²) in [6.07, 6.45) is 2.57. The van der Waals surface area contributed by atoms with E-state index in [1.165, 1.54) is 24.1 Å². The van der Waals surface area contributed by atoms with Gasteiger partial charge in [-0.2, -0.15) is 0 Å². The molecule has 0 unspecified atom stereocenters. The number of fused-ring (bicyclic) bond motifs is 1. The van der Waals surface area contributed by atoms with Crippen molar-refractivity contribution in [3.63, 3.8) is 0 Å². The fraction of sp³-hybridized carbons (Fsp3) is 0.400. The smallest absolute Gasteiger partial charge is 0.132 e. The van der Waals surface area contributed by atoms with Crippen LogP contribution in [0.25, 0.3) is 0 Å². The zero-order valence-electron chi connectivity index (χ0n) is 6.88. The van der Waals surface area contributed by atoms with Crippen molar-refractivity contribution >= 4 is 5.69 Å². The molecule has 1 heteroatoms. The zero-order chi connectivity index (χ0) is 7.68. The van der Waals surface area contributed by atoms with Crippen LogP contribution in [-0.2, 0) is 6.42 Å². The second kappa shape index (κ2) is 2.67. The van der Waals surface area contributed by atoms with Crippen LogP contribution in [0.3, 0.4) is 0 Å². The van der Waals surface area contributed by atoms with E-state index >= 15 is 0 Å². The summed E-state index contributed by atoms with van der Waals surface area (Å²) < 4.78 is 0. The minimum absolute atomic E-state index is 0.768. The van der Waals surface area contributed by atoms with E-state index in [1.54, 1.807) is 0 Å². The topological polar surface area (TPSA) is 16.6 Å². The minimum Gasteiger partial charge on any atom is -0.311 e. The molecule has 1 aliphatic rings. The zero-order valence-corrected chi connectivity index (χ0v) is 6.88. The summed E-state index contributed by atoms with van der Waals surface area (Å²) >= 11 is 0. The van der Waals surface area contributed by atoms with Crippen LogP contribution in [0.1, 0.15) is 18.9 Å². The molecule has 1 aromatic rings. The summed E-state index contributed by atoms with van der Waals surface area (Å²) in [4.78, 5) is 0. The lowest BCUT2D eigenvalue weighted by Crippen LogP contribution is -2.85. The quantitative estimate of drug-likeness (QED) is 0.533. The minimum atomic E-state index is 0.768. The normalized spacial score (nSPS) is 22.8. The van der Waals surface area contributed by atoms with Crippen LogP contribution in [-0.4, -0.2) is 6.04 Å². The van der Waals surface area contributed by atoms with Gasteiger partial charge in [-0.1, -0.05) is 18.2 Å². The molecule has 0 fully saturated rings. The predicted octanol–water partition coefficient (Wildman–Crippen LogP) is 1.22. The monoisotopic (exact) mass is 148 g/mol. The molecule has 1 aromatic carbocycles. The average molecular weight is 148 g/mol. The molecule has 2 rings (SSSR count). The lowest BCUT2D eigenvalue weighted by molar-refractivity contribution is -0.612. The molecule has 0 saturated carbocycles. The van der Waals surface area contributed by atoms with E-state index in [9.17, 15) is 0 Å². The standard InChI is InChI=1S/C10H13N/c1-8-6-7-9-4-2-3-5-10(9)11-8/h2-5,8,11H,6-7H2,1H3/p+1/t8-/m1/s1. The van der Waals surface area contributed by atoms with E-state index in [0.29, 0.717) is 0 Å². The van der Waals surface area contributed by atoms with E-state index in [4.69, 9.17) is 0 Å². The summed E-state index contributed by atoms with van der Waals surface area (Å²) in [5.74, 6) is 0. The molecule has 2 N–H and O–H groups in total. The first-order valence-corrected chi connectivity index (χ1v) is 4.29. The first-order valence-electron chi connectivity index (χ1n) is 4.29. The van der Waals surface area contributed by atoms with Crippen molar-refractivity contribution in [3.05, 3.63) is 29.8 Å². The molecule has 1 nitrogen and oxygen atoms in total. The Morgan fingerprint density at radius 2 is 2.18 bits per heavy atom. The molecule has 58 valence electrons. The second-order valence-electron chi connectivity index (χ2n) is 3.38. The molecule has 0 spiro atoms. The molecule has 1 aliphatic heterocycles. The van der Waals surface area contributed by atoms with Crippen molar-refractivity contribution in [2.75, 3.05) is 0 Å². The van der Waals surface area contributed by atoms with Gasteiger partial charge in [-0.15, -0.1) is 0 Å². The Morgan fingerprint density at radius 1 is 1.36 bits per heavy atom. The molecule has 0 aliphatic carbocycles. The van der Waals surface area contributed by atoms with Crippen molar-refractivity contribution in [3.8, 4) is 0 Å². The molecule has 0 bridgehead atoms. The Hall–Kier alpha value is -0.820. The fourth-order valence-corrected chi connectivity index (χ4v) is 1.70. The molecule has 0 aromatic heterocycles. The van der Waals surface area contributed by atoms with Gasteiger partial charge in [0.25, 0.3) is 0 Å². The summed E-state index contributed by atoms with van der Waals surface area (Å²) in [5, 5.41) is 2.37. The lowest BCUT2D eigenvalue weighted by atomic mass is 9.99. The van der Waals surface area contributed by atoms with E-state index in [0.717, 1.165) is 6.04 Å². The maximum Gasteiger partial charge on any atom is 0.132 e. The van der Waals surface area contributed by atoms with E-state index in [-0.39, 0.29) is 0 Å². The molecule has 1 heterocycles. The van der Waals surface area contributed by atoms with Crippen LogP contribution in [0.5, 0.6) is 0 Å². The third-order valence-corrected chi connectivity index (χ3v) is 2.39. The van der Waals surface area contributed by atoms with Crippen LogP contribution in [0, 0.1) is 0 Å². The number of hydrogen-bond donors (Lipinski definition) is 1. The Morgan fingerprint density at radius 3 is 3.09 bits per heavy atom. The maximum absolute atomic E-state index is 2.37. The first kappa shape index (κ1) is 6.86. The Labute approximate surface area is 67.4 Å². The Bertz CT molecular complexity index is 255. The van der Waals surface area contributed by atoms with Gasteiger partial charge in [-0.25, -0.2) is 0 Å². The van der Waals surface area contributed by atoms with E-state index in [2.05, 4.69) is 36.5 Å². The van der Waals surface area contributed by atoms with Gasteiger partial charge in [0.15, 0.2) is 0 Å². The Kier molecular flexibility index (Phi) is 1.66. The highest BCUT2D eigenvalue weighted by Gasteiger charge is 2.16. The van der Waals surface area contributed by atoms with Gasteiger partial charge in [0, 0.05) is 12.0 Å². The number of benzene rings is 1. The van der Waals surface area contributed by atoms with Gasteiger partial charge in [0.1, 0.15) is 5.69 Å². The van der Waals surface area contributed by atoms with E-state index < -0.39 is 0 Å². The molecule has 0 amide bonds. The summed E-state index contributed by atoms with van der Waals surface area (Å²) in [5.41, 5.74) is 2.97. The van der Waals surface area contributed by atoms with E-state index in [1.807, 2.05) is 0 Å². The first-order chi connectivity index (χ1) is 5.36. The largest absolute Gasteiger partial charge is 0.311 e. The van der Waals surface area contributed by atoms with Crippen molar-refractivity contribution in [1.29, 1.82) is 0 Å². The average Bonchev–Trinajstić information content (AvgIpc) is 2.04. The number of rotatable bonds is 0. The number of nitrogens with two attached hydrogens (primary N) is 1. The summed E-state index contributed by atoms with van der Waals surface area (Å²) in [6, 6.07) is 9.46. The highest BCUT2D eigenvalue weighted by atomic mass is 14.9. The van der Waals surface area contributed by atoms with Gasteiger partial charge in [-0.3, -0.25) is 0 Å². The van der Waals surface area contributed by atoms with Crippen molar-refractivity contribution in [1.82, 2.24) is 0 Å². The SMILES string of the molecule is C[C@@H]1CCc2ccccc2[NH2+]1. The predicted molar refractivity (Wildman–Crippen MR) is 45.8 cm³/mol. The van der Waals surface area contributed by atoms with Gasteiger partial charge < -0.3 is 5.32 Å². The summed E-state index contributed by atoms with van der Waals surface area (Å²) in [6.45, 7) is 2.29. The van der Waals surface area contributed by atoms with Gasteiger partial charge in [0.2, 0.25) is 0 Å². The highest BCUT2D eigenvalue weighted by molar-refractivity contribution is 5.39. The molecule has 0 saturated heterocycles. The fourth-order valence-electron chi connectivity index (χ4n) is 1.70. The third-order valence-electron chi connectivity index (χ3n) is 2.39. The van der Waals surface area contributed by atoms with Crippen LogP contribution >= 0.6 is 0 Å². The highest BCUT2D eigenvalue weighted by Crippen LogP contribution is 2.16. The molecule has 11 heavy (non-hydrogen) atoms. The lowest BCUT2D eigenvalue weighted by Gasteiger charge is -2.18. The van der Waals surface area contributed by atoms with Crippen LogP contribution in [0.15, 0.2) is 24.3 Å². The molecule has 0 radical (unpaired) electrons. The number of aryl methyl sites for hydroxylation is 1. The molecular weight excluding hydrogens is 134 g/mol.